The number of benzene rings is 3. The van der Waals surface area contributed by atoms with Gasteiger partial charge in [0.25, 0.3) is 5.91 Å². The number of hydrogen-bond donors (Lipinski definition) is 1. The Hall–Kier alpha value is -2.33. The predicted octanol–water partition coefficient (Wildman–Crippen LogP) is 5.17. The maximum atomic E-state index is 12.7. The van der Waals surface area contributed by atoms with Gasteiger partial charge in [0.1, 0.15) is 5.75 Å². The molecule has 0 aliphatic rings. The zero-order chi connectivity index (χ0) is 16.4. The van der Waals surface area contributed by atoms with E-state index in [9.17, 15) is 4.79 Å². The molecule has 0 saturated carbocycles. The van der Waals surface area contributed by atoms with Gasteiger partial charge in [-0.3, -0.25) is 4.79 Å². The van der Waals surface area contributed by atoms with Crippen molar-refractivity contribution < 1.29 is 9.53 Å². The number of ether oxygens (including phenoxy) is 1. The van der Waals surface area contributed by atoms with Crippen molar-refractivity contribution in [2.75, 3.05) is 12.4 Å². The van der Waals surface area contributed by atoms with E-state index < -0.39 is 0 Å². The van der Waals surface area contributed by atoms with E-state index in [4.69, 9.17) is 4.74 Å². The van der Waals surface area contributed by atoms with Crippen LogP contribution < -0.4 is 10.1 Å². The molecule has 0 heterocycles. The molecule has 1 N–H and O–H groups in total. The molecular weight excluding hydrogens is 354 g/mol. The summed E-state index contributed by atoms with van der Waals surface area (Å²) in [6, 6.07) is 17.5. The van der Waals surface area contributed by atoms with E-state index >= 15 is 0 Å². The summed E-state index contributed by atoms with van der Waals surface area (Å²) in [6.45, 7) is 1.91. The highest BCUT2D eigenvalue weighted by Gasteiger charge is 2.16. The number of carbonyl (C=O) groups is 1. The second kappa shape index (κ2) is 6.42. The summed E-state index contributed by atoms with van der Waals surface area (Å²) < 4.78 is 6.24. The highest BCUT2D eigenvalue weighted by molar-refractivity contribution is 9.10. The van der Waals surface area contributed by atoms with Gasteiger partial charge in [-0.05, 0) is 36.1 Å². The van der Waals surface area contributed by atoms with Crippen LogP contribution in [0.25, 0.3) is 10.8 Å². The van der Waals surface area contributed by atoms with Crippen LogP contribution in [0.3, 0.4) is 0 Å². The van der Waals surface area contributed by atoms with Crippen LogP contribution in [0.5, 0.6) is 5.75 Å². The molecule has 23 heavy (non-hydrogen) atoms. The molecular formula is C19H16BrNO2. The number of methoxy groups -OCH3 is 1. The van der Waals surface area contributed by atoms with Crippen molar-refractivity contribution in [1.29, 1.82) is 0 Å². The van der Waals surface area contributed by atoms with Gasteiger partial charge in [-0.25, -0.2) is 0 Å². The topological polar surface area (TPSA) is 38.3 Å². The highest BCUT2D eigenvalue weighted by atomic mass is 79.9. The molecule has 116 valence electrons. The molecule has 3 rings (SSSR count). The van der Waals surface area contributed by atoms with Gasteiger partial charge >= 0.3 is 0 Å². The molecule has 0 radical (unpaired) electrons. The molecule has 4 heteroatoms. The minimum absolute atomic E-state index is 0.192. The lowest BCUT2D eigenvalue weighted by atomic mass is 10.1. The fraction of sp³-hybridized carbons (Fsp3) is 0.105. The molecule has 0 bridgehead atoms. The maximum absolute atomic E-state index is 12.7. The van der Waals surface area contributed by atoms with Crippen LogP contribution in [0.4, 0.5) is 5.69 Å². The normalized spacial score (nSPS) is 10.6. The Kier molecular flexibility index (Phi) is 4.35. The second-order valence-corrected chi connectivity index (χ2v) is 6.20. The smallest absolute Gasteiger partial charge is 0.259 e. The Morgan fingerprint density at radius 1 is 1.09 bits per heavy atom. The maximum Gasteiger partial charge on any atom is 0.259 e. The summed E-state index contributed by atoms with van der Waals surface area (Å²) in [5.41, 5.74) is 2.20. The van der Waals surface area contributed by atoms with Crippen molar-refractivity contribution in [2.45, 2.75) is 6.92 Å². The van der Waals surface area contributed by atoms with Gasteiger partial charge in [0.15, 0.2) is 0 Å². The largest absolute Gasteiger partial charge is 0.496 e. The summed E-state index contributed by atoms with van der Waals surface area (Å²) in [5.74, 6) is 0.397. The first-order chi connectivity index (χ1) is 11.1. The Morgan fingerprint density at radius 2 is 1.83 bits per heavy atom. The van der Waals surface area contributed by atoms with E-state index in [-0.39, 0.29) is 5.91 Å². The predicted molar refractivity (Wildman–Crippen MR) is 97.3 cm³/mol. The van der Waals surface area contributed by atoms with Crippen molar-refractivity contribution >= 4 is 38.3 Å². The Balaban J connectivity index is 2.02. The first-order valence-electron chi connectivity index (χ1n) is 7.23. The molecule has 1 amide bonds. The molecule has 0 unspecified atom stereocenters. The fourth-order valence-corrected chi connectivity index (χ4v) is 3.27. The van der Waals surface area contributed by atoms with E-state index in [0.29, 0.717) is 11.3 Å². The van der Waals surface area contributed by atoms with E-state index in [1.165, 1.54) is 0 Å². The summed E-state index contributed by atoms with van der Waals surface area (Å²) >= 11 is 3.43. The van der Waals surface area contributed by atoms with Crippen LogP contribution in [0.1, 0.15) is 15.9 Å². The molecule has 0 saturated heterocycles. The summed E-state index contributed by atoms with van der Waals surface area (Å²) in [6.07, 6.45) is 0. The molecule has 3 nitrogen and oxygen atoms in total. The number of anilines is 1. The van der Waals surface area contributed by atoms with Gasteiger partial charge in [0, 0.05) is 15.5 Å². The molecule has 0 aliphatic carbocycles. The molecule has 3 aromatic carbocycles. The third kappa shape index (κ3) is 3.08. The number of amides is 1. The monoisotopic (exact) mass is 369 g/mol. The average Bonchev–Trinajstić information content (AvgIpc) is 2.54. The van der Waals surface area contributed by atoms with Crippen LogP contribution in [0, 0.1) is 6.92 Å². The lowest BCUT2D eigenvalue weighted by Gasteiger charge is -2.13. The number of nitrogens with one attached hydrogen (secondary N) is 1. The Bertz CT molecular complexity index is 884. The summed E-state index contributed by atoms with van der Waals surface area (Å²) in [4.78, 5) is 12.7. The van der Waals surface area contributed by atoms with Crippen molar-refractivity contribution in [3.05, 3.63) is 70.2 Å². The first-order valence-corrected chi connectivity index (χ1v) is 8.02. The Labute approximate surface area is 143 Å². The highest BCUT2D eigenvalue weighted by Crippen LogP contribution is 2.30. The lowest BCUT2D eigenvalue weighted by Crippen LogP contribution is -2.14. The number of carbonyl (C=O) groups excluding carboxylic acids is 1. The Morgan fingerprint density at radius 3 is 2.61 bits per heavy atom. The number of rotatable bonds is 3. The minimum atomic E-state index is -0.192. The number of halogens is 1. The third-order valence-electron chi connectivity index (χ3n) is 3.73. The SMILES string of the molecule is COc1c(C)cc(Br)cc1C(=O)Nc1cccc2ccccc12. The zero-order valence-corrected chi connectivity index (χ0v) is 14.5. The molecule has 0 aromatic heterocycles. The van der Waals surface area contributed by atoms with E-state index in [2.05, 4.69) is 21.2 Å². The standard InChI is InChI=1S/C19H16BrNO2/c1-12-10-14(20)11-16(18(12)23-2)19(22)21-17-9-5-7-13-6-3-4-8-15(13)17/h3-11H,1-2H3,(H,21,22). The van der Waals surface area contributed by atoms with Crippen LogP contribution in [-0.4, -0.2) is 13.0 Å². The van der Waals surface area contributed by atoms with Gasteiger partial charge in [0.2, 0.25) is 0 Å². The fourth-order valence-electron chi connectivity index (χ4n) is 2.69. The number of hydrogen-bond acceptors (Lipinski definition) is 2. The second-order valence-electron chi connectivity index (χ2n) is 5.28. The summed E-state index contributed by atoms with van der Waals surface area (Å²) in [5, 5.41) is 5.08. The van der Waals surface area contributed by atoms with Gasteiger partial charge in [-0.1, -0.05) is 52.3 Å². The van der Waals surface area contributed by atoms with Gasteiger partial charge in [-0.15, -0.1) is 0 Å². The molecule has 3 aromatic rings. The lowest BCUT2D eigenvalue weighted by molar-refractivity contribution is 0.102. The van der Waals surface area contributed by atoms with E-state index in [0.717, 1.165) is 26.5 Å². The van der Waals surface area contributed by atoms with Crippen LogP contribution in [0.15, 0.2) is 59.1 Å². The van der Waals surface area contributed by atoms with Crippen LogP contribution in [0.2, 0.25) is 0 Å². The first kappa shape index (κ1) is 15.6. The summed E-state index contributed by atoms with van der Waals surface area (Å²) in [7, 11) is 1.57. The number of aryl methyl sites for hydroxylation is 1. The van der Waals surface area contributed by atoms with Crippen molar-refractivity contribution in [1.82, 2.24) is 0 Å². The van der Waals surface area contributed by atoms with Crippen LogP contribution in [-0.2, 0) is 0 Å². The molecule has 0 atom stereocenters. The van der Waals surface area contributed by atoms with Crippen LogP contribution >= 0.6 is 15.9 Å². The molecule has 0 fully saturated rings. The van der Waals surface area contributed by atoms with Gasteiger partial charge in [-0.2, -0.15) is 0 Å². The van der Waals surface area contributed by atoms with Crippen molar-refractivity contribution in [3.63, 3.8) is 0 Å². The minimum Gasteiger partial charge on any atom is -0.496 e. The van der Waals surface area contributed by atoms with Gasteiger partial charge in [0.05, 0.1) is 12.7 Å². The third-order valence-corrected chi connectivity index (χ3v) is 4.18. The quantitative estimate of drug-likeness (QED) is 0.691. The van der Waals surface area contributed by atoms with Crippen molar-refractivity contribution in [2.24, 2.45) is 0 Å². The van der Waals surface area contributed by atoms with Crippen molar-refractivity contribution in [3.8, 4) is 5.75 Å². The van der Waals surface area contributed by atoms with E-state index in [1.807, 2.05) is 55.5 Å². The molecule has 0 spiro atoms. The van der Waals surface area contributed by atoms with Gasteiger partial charge < -0.3 is 10.1 Å². The molecule has 0 aliphatic heterocycles. The van der Waals surface area contributed by atoms with E-state index in [1.54, 1.807) is 13.2 Å². The average molecular weight is 370 g/mol. The number of fused-ring (bicyclic) bond motifs is 1. The zero-order valence-electron chi connectivity index (χ0n) is 12.9.